The van der Waals surface area contributed by atoms with E-state index in [2.05, 4.69) is 20.7 Å². The van der Waals surface area contributed by atoms with Gasteiger partial charge in [0, 0.05) is 27.2 Å². The third kappa shape index (κ3) is 1.68. The second-order valence-electron chi connectivity index (χ2n) is 3.24. The smallest absolute Gasteiger partial charge is 0.243 e. The van der Waals surface area contributed by atoms with Gasteiger partial charge in [0.25, 0.3) is 0 Å². The molecule has 1 aromatic heterocycles. The van der Waals surface area contributed by atoms with Crippen LogP contribution in [0.15, 0.2) is 0 Å². The Morgan fingerprint density at radius 1 is 1.50 bits per heavy atom. The molecule has 2 N–H and O–H groups in total. The summed E-state index contributed by atoms with van der Waals surface area (Å²) in [5.41, 5.74) is 2.97. The fourth-order valence-corrected chi connectivity index (χ4v) is 1.56. The van der Waals surface area contributed by atoms with E-state index >= 15 is 0 Å². The molecular formula is C7H12N6S. The first-order valence-corrected chi connectivity index (χ1v) is 4.74. The fraction of sp³-hybridized carbons (Fsp3) is 0.571. The van der Waals surface area contributed by atoms with Crippen molar-refractivity contribution in [2.75, 3.05) is 31.4 Å². The van der Waals surface area contributed by atoms with Crippen LogP contribution in [-0.2, 0) is 6.54 Å². The van der Waals surface area contributed by atoms with Crippen LogP contribution >= 0.6 is 12.2 Å². The van der Waals surface area contributed by atoms with E-state index in [0.717, 1.165) is 19.0 Å². The van der Waals surface area contributed by atoms with Gasteiger partial charge < -0.3 is 5.32 Å². The molecule has 1 aromatic rings. The van der Waals surface area contributed by atoms with E-state index < -0.39 is 0 Å². The van der Waals surface area contributed by atoms with E-state index in [1.165, 1.54) is 0 Å². The Balaban J connectivity index is 2.37. The lowest BCUT2D eigenvalue weighted by molar-refractivity contribution is 0.487. The summed E-state index contributed by atoms with van der Waals surface area (Å²) in [5, 5.41) is 4.92. The molecule has 1 aliphatic rings. The second kappa shape index (κ2) is 3.50. The molecule has 0 spiro atoms. The predicted octanol–water partition coefficient (Wildman–Crippen LogP) is 0.322. The van der Waals surface area contributed by atoms with Gasteiger partial charge in [-0.15, -0.1) is 0 Å². The van der Waals surface area contributed by atoms with E-state index in [9.17, 15) is 0 Å². The molecule has 0 amide bonds. The summed E-state index contributed by atoms with van der Waals surface area (Å²) in [7, 11) is 3.75. The summed E-state index contributed by atoms with van der Waals surface area (Å²) in [6.45, 7) is 1.71. The van der Waals surface area contributed by atoms with Crippen molar-refractivity contribution in [1.29, 1.82) is 0 Å². The first-order chi connectivity index (χ1) is 6.66. The summed E-state index contributed by atoms with van der Waals surface area (Å²) >= 11 is 5.13. The van der Waals surface area contributed by atoms with Crippen molar-refractivity contribution in [3.05, 3.63) is 4.77 Å². The van der Waals surface area contributed by atoms with E-state index in [-0.39, 0.29) is 0 Å². The van der Waals surface area contributed by atoms with E-state index in [1.807, 2.05) is 18.7 Å². The van der Waals surface area contributed by atoms with Crippen molar-refractivity contribution in [2.45, 2.75) is 6.54 Å². The summed E-state index contributed by atoms with van der Waals surface area (Å²) in [4.78, 5) is 8.43. The van der Waals surface area contributed by atoms with Gasteiger partial charge in [0.15, 0.2) is 0 Å². The number of hydrazine groups is 1. The average molecular weight is 212 g/mol. The van der Waals surface area contributed by atoms with Crippen LogP contribution in [0.1, 0.15) is 0 Å². The quantitative estimate of drug-likeness (QED) is 0.544. The van der Waals surface area contributed by atoms with Crippen molar-refractivity contribution < 1.29 is 0 Å². The Bertz CT molecular complexity index is 398. The highest BCUT2D eigenvalue weighted by Crippen LogP contribution is 2.13. The van der Waals surface area contributed by atoms with Gasteiger partial charge in [-0.1, -0.05) is 0 Å². The summed E-state index contributed by atoms with van der Waals surface area (Å²) < 4.78 is 2.44. The highest BCUT2D eigenvalue weighted by atomic mass is 32.1. The van der Waals surface area contributed by atoms with E-state index in [4.69, 9.17) is 12.2 Å². The van der Waals surface area contributed by atoms with Gasteiger partial charge in [-0.2, -0.15) is 9.97 Å². The molecule has 76 valence electrons. The Labute approximate surface area is 86.9 Å². The molecule has 0 fully saturated rings. The van der Waals surface area contributed by atoms with Gasteiger partial charge >= 0.3 is 0 Å². The van der Waals surface area contributed by atoms with Crippen molar-refractivity contribution in [2.24, 2.45) is 0 Å². The second-order valence-corrected chi connectivity index (χ2v) is 3.60. The van der Waals surface area contributed by atoms with E-state index in [0.29, 0.717) is 10.7 Å². The lowest BCUT2D eigenvalue weighted by atomic mass is 10.7. The molecule has 0 atom stereocenters. The zero-order valence-corrected chi connectivity index (χ0v) is 8.93. The molecule has 0 bridgehead atoms. The van der Waals surface area contributed by atoms with Crippen LogP contribution < -0.4 is 10.7 Å². The third-order valence-electron chi connectivity index (χ3n) is 1.84. The number of rotatable bonds is 2. The topological polar surface area (TPSA) is 58.0 Å². The normalized spacial score (nSPS) is 13.9. The van der Waals surface area contributed by atoms with Crippen LogP contribution in [0, 0.1) is 4.77 Å². The number of nitrogens with one attached hydrogen (secondary N) is 2. The molecule has 0 unspecified atom stereocenters. The first kappa shape index (κ1) is 9.35. The maximum absolute atomic E-state index is 5.13. The van der Waals surface area contributed by atoms with Crippen molar-refractivity contribution in [1.82, 2.24) is 19.5 Å². The molecule has 0 aliphatic carbocycles. The first-order valence-electron chi connectivity index (χ1n) is 4.33. The Morgan fingerprint density at radius 3 is 3.00 bits per heavy atom. The fourth-order valence-electron chi connectivity index (χ4n) is 1.29. The minimum Gasteiger partial charge on any atom is -0.354 e. The summed E-state index contributed by atoms with van der Waals surface area (Å²) in [6.07, 6.45) is 0. The van der Waals surface area contributed by atoms with Gasteiger partial charge in [0.05, 0.1) is 0 Å². The largest absolute Gasteiger partial charge is 0.354 e. The third-order valence-corrected chi connectivity index (χ3v) is 2.15. The zero-order chi connectivity index (χ0) is 10.1. The number of hydrogen-bond acceptors (Lipinski definition) is 6. The van der Waals surface area contributed by atoms with Gasteiger partial charge in [-0.3, -0.25) is 9.99 Å². The average Bonchev–Trinajstić information content (AvgIpc) is 2.50. The van der Waals surface area contributed by atoms with Gasteiger partial charge in [0.2, 0.25) is 16.7 Å². The number of hydrogen-bond donors (Lipinski definition) is 2. The standard InChI is InChI=1S/C7H12N6S/c1-12(2)11-5-9-6-8-3-4-13(6)7(14)10-5/h3-4H2,1-2H3,(H2,8,9,10,11,14). The molecule has 14 heavy (non-hydrogen) atoms. The molecule has 2 rings (SSSR count). The lowest BCUT2D eigenvalue weighted by Gasteiger charge is -2.12. The lowest BCUT2D eigenvalue weighted by Crippen LogP contribution is -2.22. The molecule has 0 aromatic carbocycles. The Kier molecular flexibility index (Phi) is 2.34. The van der Waals surface area contributed by atoms with Gasteiger partial charge in [-0.05, 0) is 12.2 Å². The van der Waals surface area contributed by atoms with Crippen molar-refractivity contribution in [3.63, 3.8) is 0 Å². The van der Waals surface area contributed by atoms with Crippen LogP contribution in [-0.4, -0.2) is 40.2 Å². The maximum atomic E-state index is 5.13. The minimum absolute atomic E-state index is 0.528. The molecule has 0 saturated carbocycles. The molecule has 0 saturated heterocycles. The van der Waals surface area contributed by atoms with Crippen molar-refractivity contribution in [3.8, 4) is 0 Å². The highest BCUT2D eigenvalue weighted by Gasteiger charge is 2.12. The van der Waals surface area contributed by atoms with E-state index in [1.54, 1.807) is 5.01 Å². The zero-order valence-electron chi connectivity index (χ0n) is 8.11. The molecular weight excluding hydrogens is 200 g/mol. The molecule has 7 heteroatoms. The number of fused-ring (bicyclic) bond motifs is 1. The van der Waals surface area contributed by atoms with Crippen LogP contribution in [0.2, 0.25) is 0 Å². The monoisotopic (exact) mass is 212 g/mol. The van der Waals surface area contributed by atoms with Crippen molar-refractivity contribution >= 4 is 24.1 Å². The number of anilines is 2. The maximum Gasteiger partial charge on any atom is 0.243 e. The van der Waals surface area contributed by atoms with Crippen LogP contribution in [0.3, 0.4) is 0 Å². The van der Waals surface area contributed by atoms with Gasteiger partial charge in [0.1, 0.15) is 0 Å². The number of nitrogens with zero attached hydrogens (tertiary/aromatic N) is 4. The van der Waals surface area contributed by atoms with Crippen LogP contribution in [0.25, 0.3) is 0 Å². The highest BCUT2D eigenvalue weighted by molar-refractivity contribution is 7.71. The summed E-state index contributed by atoms with van der Waals surface area (Å²) in [6, 6.07) is 0. The molecule has 2 heterocycles. The molecule has 1 aliphatic heterocycles. The summed E-state index contributed by atoms with van der Waals surface area (Å²) in [5.74, 6) is 1.31. The molecule has 6 nitrogen and oxygen atoms in total. The molecule has 0 radical (unpaired) electrons. The SMILES string of the molecule is CN(C)Nc1nc2n(c(=S)n1)CCN2. The Morgan fingerprint density at radius 2 is 2.29 bits per heavy atom. The Hall–Kier alpha value is -1.21. The minimum atomic E-state index is 0.528. The van der Waals surface area contributed by atoms with Gasteiger partial charge in [-0.25, -0.2) is 5.01 Å². The van der Waals surface area contributed by atoms with Crippen LogP contribution in [0.4, 0.5) is 11.9 Å². The predicted molar refractivity (Wildman–Crippen MR) is 56.7 cm³/mol. The number of aromatic nitrogens is 3. The van der Waals surface area contributed by atoms with Crippen LogP contribution in [0.5, 0.6) is 0 Å².